The van der Waals surface area contributed by atoms with Gasteiger partial charge in [-0.1, -0.05) is 54.6 Å². The summed E-state index contributed by atoms with van der Waals surface area (Å²) in [6.07, 6.45) is 1.91. The van der Waals surface area contributed by atoms with Gasteiger partial charge < -0.3 is 0 Å². The van der Waals surface area contributed by atoms with Crippen LogP contribution in [0.2, 0.25) is 0 Å². The number of aromatic amines is 1. The van der Waals surface area contributed by atoms with Crippen molar-refractivity contribution < 1.29 is 0 Å². The van der Waals surface area contributed by atoms with Gasteiger partial charge in [0.25, 0.3) is 0 Å². The van der Waals surface area contributed by atoms with Crippen LogP contribution < -0.4 is 21.2 Å². The van der Waals surface area contributed by atoms with Crippen molar-refractivity contribution in [1.82, 2.24) is 10.2 Å². The van der Waals surface area contributed by atoms with Crippen molar-refractivity contribution in [1.29, 1.82) is 0 Å². The summed E-state index contributed by atoms with van der Waals surface area (Å²) in [6.45, 7) is 0. The summed E-state index contributed by atoms with van der Waals surface area (Å²) in [7, 11) is -2.03. The number of H-pyrrole nitrogens is 1. The quantitative estimate of drug-likeness (QED) is 0.466. The van der Waals surface area contributed by atoms with E-state index in [2.05, 4.69) is 119 Å². The third-order valence-corrected chi connectivity index (χ3v) is 9.51. The number of aromatic nitrogens is 2. The van der Waals surface area contributed by atoms with Crippen molar-refractivity contribution in [3.8, 4) is 0 Å². The molecule has 0 unspecified atom stereocenters. The summed E-state index contributed by atoms with van der Waals surface area (Å²) in [4.78, 5) is 0. The Kier molecular flexibility index (Phi) is 4.27. The van der Waals surface area contributed by atoms with E-state index in [1.54, 1.807) is 0 Å². The zero-order valence-electron chi connectivity index (χ0n) is 15.4. The normalized spacial score (nSPS) is 11.6. The summed E-state index contributed by atoms with van der Waals surface area (Å²) in [5.74, 6) is 0. The topological polar surface area (TPSA) is 28.7 Å². The maximum atomic E-state index is 4.23. The molecule has 2 nitrogen and oxygen atoms in total. The van der Waals surface area contributed by atoms with Crippen LogP contribution in [0.1, 0.15) is 0 Å². The molecule has 1 aromatic heterocycles. The van der Waals surface area contributed by atoms with E-state index in [4.69, 9.17) is 0 Å². The van der Waals surface area contributed by atoms with Crippen LogP contribution in [0.25, 0.3) is 10.9 Å². The molecule has 1 heterocycles. The van der Waals surface area contributed by atoms with E-state index in [0.29, 0.717) is 0 Å². The Morgan fingerprint density at radius 3 is 1.54 bits per heavy atom. The fourth-order valence-electron chi connectivity index (χ4n) is 3.99. The van der Waals surface area contributed by atoms with Gasteiger partial charge in [0.15, 0.2) is 0 Å². The fourth-order valence-corrected chi connectivity index (χ4v) is 8.27. The molecule has 0 bridgehead atoms. The molecule has 1 N–H and O–H groups in total. The van der Waals surface area contributed by atoms with Crippen molar-refractivity contribution in [2.75, 3.05) is 0 Å². The third kappa shape index (κ3) is 2.66. The fraction of sp³-hybridized carbons (Fsp3) is 0. The van der Waals surface area contributed by atoms with E-state index in [1.165, 1.54) is 21.2 Å². The molecule has 5 rings (SSSR count). The molecule has 0 aliphatic heterocycles. The van der Waals surface area contributed by atoms with Crippen LogP contribution >= 0.6 is 7.26 Å². The summed E-state index contributed by atoms with van der Waals surface area (Å²) in [5, 5.41) is 13.9. The van der Waals surface area contributed by atoms with Crippen LogP contribution in [0, 0.1) is 0 Å². The van der Waals surface area contributed by atoms with Crippen molar-refractivity contribution in [3.05, 3.63) is 115 Å². The van der Waals surface area contributed by atoms with Gasteiger partial charge in [-0.25, -0.2) is 0 Å². The Morgan fingerprint density at radius 2 is 1.04 bits per heavy atom. The van der Waals surface area contributed by atoms with Crippen LogP contribution in [-0.4, -0.2) is 10.2 Å². The molecule has 0 saturated heterocycles. The minimum absolute atomic E-state index is 1.07. The molecule has 3 heteroatoms. The average Bonchev–Trinajstić information content (AvgIpc) is 3.25. The van der Waals surface area contributed by atoms with Gasteiger partial charge in [-0.2, -0.15) is 5.10 Å². The average molecular weight is 379 g/mol. The predicted octanol–water partition coefficient (Wildman–Crippen LogP) is 4.18. The van der Waals surface area contributed by atoms with Gasteiger partial charge in [-0.15, -0.1) is 0 Å². The molecule has 0 amide bonds. The molecule has 5 aromatic rings. The Balaban J connectivity index is 1.92. The Labute approximate surface area is 165 Å². The summed E-state index contributed by atoms with van der Waals surface area (Å²) in [6, 6.07) is 39.5. The van der Waals surface area contributed by atoms with E-state index >= 15 is 0 Å². The molecule has 0 saturated carbocycles. The van der Waals surface area contributed by atoms with Gasteiger partial charge in [0.1, 0.15) is 28.5 Å². The lowest BCUT2D eigenvalue weighted by molar-refractivity contribution is 1.12. The molecule has 0 radical (unpaired) electrons. The summed E-state index contributed by atoms with van der Waals surface area (Å²) < 4.78 is 0. The van der Waals surface area contributed by atoms with E-state index in [-0.39, 0.29) is 0 Å². The largest absolute Gasteiger partial charge is 0.278 e. The van der Waals surface area contributed by atoms with Gasteiger partial charge in [0.2, 0.25) is 0 Å². The highest BCUT2D eigenvalue weighted by atomic mass is 31.2. The number of benzene rings is 4. The molecular weight excluding hydrogens is 359 g/mol. The van der Waals surface area contributed by atoms with Crippen molar-refractivity contribution in [3.63, 3.8) is 0 Å². The van der Waals surface area contributed by atoms with Gasteiger partial charge >= 0.3 is 0 Å². The van der Waals surface area contributed by atoms with Crippen LogP contribution in [0.15, 0.2) is 115 Å². The lowest BCUT2D eigenvalue weighted by Gasteiger charge is -2.27. The number of hydrogen-bond donors (Lipinski definition) is 1. The van der Waals surface area contributed by atoms with Gasteiger partial charge in [0, 0.05) is 5.39 Å². The third-order valence-electron chi connectivity index (χ3n) is 5.24. The maximum Gasteiger partial charge on any atom is 0.144 e. The molecule has 0 spiro atoms. The van der Waals surface area contributed by atoms with Crippen molar-refractivity contribution in [2.45, 2.75) is 0 Å². The van der Waals surface area contributed by atoms with Crippen molar-refractivity contribution >= 4 is 39.4 Å². The predicted molar refractivity (Wildman–Crippen MR) is 121 cm³/mol. The molecule has 0 aliphatic rings. The SMILES string of the molecule is c1ccc([P+](c2ccccc2)(c2ccccc2)c2ccc3[nH]ncc3c2)cc1. The lowest BCUT2D eigenvalue weighted by Crippen LogP contribution is -2.38. The number of nitrogens with one attached hydrogen (secondary N) is 1. The van der Waals surface area contributed by atoms with Crippen LogP contribution in [-0.2, 0) is 0 Å². The first-order chi connectivity index (χ1) is 13.9. The molecule has 134 valence electrons. The molecule has 0 aliphatic carbocycles. The molecular formula is C25H20N2P+. The number of fused-ring (bicyclic) bond motifs is 1. The Morgan fingerprint density at radius 1 is 0.536 bits per heavy atom. The first kappa shape index (κ1) is 16.9. The highest BCUT2D eigenvalue weighted by molar-refractivity contribution is 8.01. The first-order valence-corrected chi connectivity index (χ1v) is 11.2. The highest BCUT2D eigenvalue weighted by Gasteiger charge is 2.47. The van der Waals surface area contributed by atoms with Crippen molar-refractivity contribution in [2.24, 2.45) is 0 Å². The zero-order chi connectivity index (χ0) is 18.8. The maximum absolute atomic E-state index is 4.23. The van der Waals surface area contributed by atoms with Gasteiger partial charge in [-0.05, 0) is 54.6 Å². The summed E-state index contributed by atoms with van der Waals surface area (Å²) >= 11 is 0. The minimum atomic E-state index is -2.03. The first-order valence-electron chi connectivity index (χ1n) is 9.38. The second kappa shape index (κ2) is 7.07. The molecule has 4 aromatic carbocycles. The van der Waals surface area contributed by atoms with Gasteiger partial charge in [0.05, 0.1) is 11.7 Å². The zero-order valence-corrected chi connectivity index (χ0v) is 16.3. The molecule has 0 atom stereocenters. The highest BCUT2D eigenvalue weighted by Crippen LogP contribution is 2.54. The minimum Gasteiger partial charge on any atom is -0.278 e. The van der Waals surface area contributed by atoms with E-state index in [0.717, 1.165) is 10.9 Å². The second-order valence-electron chi connectivity index (χ2n) is 6.82. The number of rotatable bonds is 4. The molecule has 28 heavy (non-hydrogen) atoms. The summed E-state index contributed by atoms with van der Waals surface area (Å²) in [5.41, 5.74) is 1.07. The second-order valence-corrected chi connectivity index (χ2v) is 10.2. The lowest BCUT2D eigenvalue weighted by atomic mass is 10.3. The monoisotopic (exact) mass is 379 g/mol. The van der Waals surface area contributed by atoms with E-state index < -0.39 is 7.26 Å². The standard InChI is InChI=1S/C25H20N2P/c1-4-10-21(11-5-1)28(22-12-6-2-7-13-22,23-14-8-3-9-15-23)24-16-17-25-20(18-24)19-26-27-25/h1-19H,(H,26,27)/q+1. The number of nitrogens with zero attached hydrogens (tertiary/aromatic N) is 1. The Bertz CT molecular complexity index is 1100. The Hall–Kier alpha value is -3.22. The smallest absolute Gasteiger partial charge is 0.144 e. The van der Waals surface area contributed by atoms with Gasteiger partial charge in [-0.3, -0.25) is 5.10 Å². The van der Waals surface area contributed by atoms with Crippen LogP contribution in [0.5, 0.6) is 0 Å². The van der Waals surface area contributed by atoms with Crippen LogP contribution in [0.4, 0.5) is 0 Å². The van der Waals surface area contributed by atoms with E-state index in [9.17, 15) is 0 Å². The number of hydrogen-bond acceptors (Lipinski definition) is 1. The van der Waals surface area contributed by atoms with Crippen LogP contribution in [0.3, 0.4) is 0 Å². The van der Waals surface area contributed by atoms with E-state index in [1.807, 2.05) is 6.20 Å². The molecule has 0 fully saturated rings.